The fourth-order valence-corrected chi connectivity index (χ4v) is 3.14. The molecule has 8 heteroatoms. The SMILES string of the molecule is Cc1ccc(-c2ccc(=O)[nH]n2)cc1NC(=O)C(C)n1cnc2ccccc2c1=O. The normalized spacial score (nSPS) is 11.9. The molecule has 0 aliphatic heterocycles. The molecule has 2 N–H and O–H groups in total. The number of para-hydroxylation sites is 1. The number of aromatic amines is 1. The summed E-state index contributed by atoms with van der Waals surface area (Å²) in [6, 6.07) is 14.7. The predicted molar refractivity (Wildman–Crippen MR) is 114 cm³/mol. The van der Waals surface area contributed by atoms with Gasteiger partial charge in [-0.2, -0.15) is 5.10 Å². The van der Waals surface area contributed by atoms with Crippen molar-refractivity contribution in [2.45, 2.75) is 19.9 Å². The molecule has 1 amide bonds. The van der Waals surface area contributed by atoms with Crippen LogP contribution in [0.4, 0.5) is 5.69 Å². The molecule has 2 heterocycles. The third kappa shape index (κ3) is 3.62. The van der Waals surface area contributed by atoms with E-state index in [1.54, 1.807) is 37.3 Å². The zero-order valence-electron chi connectivity index (χ0n) is 16.4. The maximum absolute atomic E-state index is 12.9. The summed E-state index contributed by atoms with van der Waals surface area (Å²) in [6.07, 6.45) is 1.39. The number of benzene rings is 2. The molecule has 0 radical (unpaired) electrons. The molecule has 4 rings (SSSR count). The van der Waals surface area contributed by atoms with Crippen LogP contribution in [-0.4, -0.2) is 25.7 Å². The molecule has 1 atom stereocenters. The van der Waals surface area contributed by atoms with Crippen LogP contribution in [0.3, 0.4) is 0 Å². The van der Waals surface area contributed by atoms with Crippen LogP contribution in [0.25, 0.3) is 22.2 Å². The number of rotatable bonds is 4. The number of nitrogens with zero attached hydrogens (tertiary/aromatic N) is 3. The number of fused-ring (bicyclic) bond motifs is 1. The lowest BCUT2D eigenvalue weighted by Crippen LogP contribution is -2.32. The smallest absolute Gasteiger partial charge is 0.264 e. The standard InChI is InChI=1S/C22H19N5O3/c1-13-7-8-15(17-9-10-20(28)26-25-17)11-19(13)24-21(29)14(2)27-12-23-18-6-4-3-5-16(18)22(27)30/h3-12,14H,1-2H3,(H,24,29)(H,26,28). The van der Waals surface area contributed by atoms with Gasteiger partial charge in [0.1, 0.15) is 6.04 Å². The molecule has 0 bridgehead atoms. The van der Waals surface area contributed by atoms with E-state index >= 15 is 0 Å². The minimum Gasteiger partial charge on any atom is -0.324 e. The Kier molecular flexibility index (Phi) is 4.97. The van der Waals surface area contributed by atoms with Gasteiger partial charge in [0.2, 0.25) is 5.91 Å². The van der Waals surface area contributed by atoms with Crippen molar-refractivity contribution in [3.05, 3.63) is 87.2 Å². The van der Waals surface area contributed by atoms with Crippen LogP contribution in [0.2, 0.25) is 0 Å². The van der Waals surface area contributed by atoms with E-state index in [2.05, 4.69) is 20.5 Å². The number of aromatic nitrogens is 4. The van der Waals surface area contributed by atoms with Crippen molar-refractivity contribution in [3.8, 4) is 11.3 Å². The van der Waals surface area contributed by atoms with E-state index in [0.717, 1.165) is 11.1 Å². The molecule has 0 aliphatic carbocycles. The van der Waals surface area contributed by atoms with E-state index in [9.17, 15) is 14.4 Å². The van der Waals surface area contributed by atoms with Crippen LogP contribution in [0, 0.1) is 6.92 Å². The number of H-pyrrole nitrogens is 1. The zero-order valence-corrected chi connectivity index (χ0v) is 16.4. The Morgan fingerprint density at radius 3 is 2.67 bits per heavy atom. The summed E-state index contributed by atoms with van der Waals surface area (Å²) in [5.74, 6) is -0.344. The predicted octanol–water partition coefficient (Wildman–Crippen LogP) is 2.65. The van der Waals surface area contributed by atoms with Crippen LogP contribution >= 0.6 is 0 Å². The fourth-order valence-electron chi connectivity index (χ4n) is 3.14. The molecule has 4 aromatic rings. The first-order chi connectivity index (χ1) is 14.4. The van der Waals surface area contributed by atoms with E-state index < -0.39 is 6.04 Å². The summed E-state index contributed by atoms with van der Waals surface area (Å²) in [5.41, 5.74) is 2.79. The van der Waals surface area contributed by atoms with Gasteiger partial charge in [0.15, 0.2) is 0 Å². The van der Waals surface area contributed by atoms with Gasteiger partial charge < -0.3 is 5.32 Å². The van der Waals surface area contributed by atoms with Crippen molar-refractivity contribution in [1.29, 1.82) is 0 Å². The lowest BCUT2D eigenvalue weighted by molar-refractivity contribution is -0.118. The molecule has 0 aliphatic rings. The summed E-state index contributed by atoms with van der Waals surface area (Å²) in [5, 5.41) is 9.75. The van der Waals surface area contributed by atoms with Crippen molar-refractivity contribution in [1.82, 2.24) is 19.7 Å². The maximum atomic E-state index is 12.9. The minimum atomic E-state index is -0.760. The first-order valence-electron chi connectivity index (χ1n) is 9.37. The van der Waals surface area contributed by atoms with E-state index in [0.29, 0.717) is 22.3 Å². The molecule has 150 valence electrons. The first kappa shape index (κ1) is 19.3. The van der Waals surface area contributed by atoms with Crippen molar-refractivity contribution in [2.75, 3.05) is 5.32 Å². The maximum Gasteiger partial charge on any atom is 0.264 e. The highest BCUT2D eigenvalue weighted by atomic mass is 16.2. The molecule has 1 unspecified atom stereocenters. The van der Waals surface area contributed by atoms with E-state index in [1.807, 2.05) is 25.1 Å². The average Bonchev–Trinajstić information content (AvgIpc) is 2.76. The summed E-state index contributed by atoms with van der Waals surface area (Å²) in [7, 11) is 0. The lowest BCUT2D eigenvalue weighted by atomic mass is 10.1. The van der Waals surface area contributed by atoms with Crippen molar-refractivity contribution >= 4 is 22.5 Å². The van der Waals surface area contributed by atoms with E-state index in [1.165, 1.54) is 17.0 Å². The van der Waals surface area contributed by atoms with Gasteiger partial charge in [-0.15, -0.1) is 0 Å². The average molecular weight is 401 g/mol. The van der Waals surface area contributed by atoms with Gasteiger partial charge in [-0.25, -0.2) is 10.1 Å². The van der Waals surface area contributed by atoms with Gasteiger partial charge in [-0.3, -0.25) is 19.0 Å². The zero-order chi connectivity index (χ0) is 21.3. The van der Waals surface area contributed by atoms with Crippen LogP contribution in [0.5, 0.6) is 0 Å². The van der Waals surface area contributed by atoms with Crippen molar-refractivity contribution in [2.24, 2.45) is 0 Å². The summed E-state index contributed by atoms with van der Waals surface area (Å²) < 4.78 is 1.32. The second-order valence-electron chi connectivity index (χ2n) is 6.98. The van der Waals surface area contributed by atoms with Gasteiger partial charge in [0, 0.05) is 17.3 Å². The minimum absolute atomic E-state index is 0.272. The third-order valence-electron chi connectivity index (χ3n) is 4.96. The largest absolute Gasteiger partial charge is 0.324 e. The van der Waals surface area contributed by atoms with E-state index in [-0.39, 0.29) is 17.0 Å². The van der Waals surface area contributed by atoms with Crippen LogP contribution in [-0.2, 0) is 4.79 Å². The quantitative estimate of drug-likeness (QED) is 0.546. The Hall–Kier alpha value is -4.07. The number of anilines is 1. The van der Waals surface area contributed by atoms with E-state index in [4.69, 9.17) is 0 Å². The number of hydrogen-bond acceptors (Lipinski definition) is 5. The first-order valence-corrected chi connectivity index (χ1v) is 9.37. The highest BCUT2D eigenvalue weighted by molar-refractivity contribution is 5.95. The van der Waals surface area contributed by atoms with Gasteiger partial charge in [-0.1, -0.05) is 24.3 Å². The summed E-state index contributed by atoms with van der Waals surface area (Å²) >= 11 is 0. The second-order valence-corrected chi connectivity index (χ2v) is 6.98. The Labute approximate surface area is 171 Å². The number of hydrogen-bond donors (Lipinski definition) is 2. The molecule has 0 saturated heterocycles. The molecule has 0 saturated carbocycles. The number of carbonyl (C=O) groups excluding carboxylic acids is 1. The highest BCUT2D eigenvalue weighted by Crippen LogP contribution is 2.24. The molecular formula is C22H19N5O3. The summed E-state index contributed by atoms with van der Waals surface area (Å²) in [6.45, 7) is 3.52. The second kappa shape index (κ2) is 7.75. The number of aryl methyl sites for hydroxylation is 1. The third-order valence-corrected chi connectivity index (χ3v) is 4.96. The fraction of sp³-hybridized carbons (Fsp3) is 0.136. The highest BCUT2D eigenvalue weighted by Gasteiger charge is 2.19. The van der Waals surface area contributed by atoms with Gasteiger partial charge in [-0.05, 0) is 43.7 Å². The van der Waals surface area contributed by atoms with Gasteiger partial charge in [0.05, 0.1) is 22.9 Å². The summed E-state index contributed by atoms with van der Waals surface area (Å²) in [4.78, 5) is 41.2. The number of carbonyl (C=O) groups is 1. The van der Waals surface area contributed by atoms with Gasteiger partial charge >= 0.3 is 0 Å². The molecule has 0 fully saturated rings. The van der Waals surface area contributed by atoms with Crippen LogP contribution in [0.15, 0.2) is 70.5 Å². The Bertz CT molecular complexity index is 1350. The van der Waals surface area contributed by atoms with Crippen LogP contribution < -0.4 is 16.4 Å². The van der Waals surface area contributed by atoms with Gasteiger partial charge in [0.25, 0.3) is 11.1 Å². The van der Waals surface area contributed by atoms with Crippen molar-refractivity contribution < 1.29 is 4.79 Å². The monoisotopic (exact) mass is 401 g/mol. The Balaban J connectivity index is 1.63. The van der Waals surface area contributed by atoms with Crippen molar-refractivity contribution in [3.63, 3.8) is 0 Å². The molecular weight excluding hydrogens is 382 g/mol. The molecule has 8 nitrogen and oxygen atoms in total. The lowest BCUT2D eigenvalue weighted by Gasteiger charge is -2.17. The molecule has 0 spiro atoms. The Morgan fingerprint density at radius 1 is 1.10 bits per heavy atom. The molecule has 30 heavy (non-hydrogen) atoms. The number of amides is 1. The molecule has 2 aromatic heterocycles. The van der Waals surface area contributed by atoms with Crippen LogP contribution in [0.1, 0.15) is 18.5 Å². The number of nitrogens with one attached hydrogen (secondary N) is 2. The Morgan fingerprint density at radius 2 is 1.90 bits per heavy atom. The molecule has 2 aromatic carbocycles. The topological polar surface area (TPSA) is 110 Å².